The van der Waals surface area contributed by atoms with E-state index in [1.54, 1.807) is 21.6 Å². The number of ketones is 4. The van der Waals surface area contributed by atoms with Crippen molar-refractivity contribution in [3.8, 4) is 0 Å². The minimum absolute atomic E-state index is 0. The van der Waals surface area contributed by atoms with Crippen LogP contribution < -0.4 is 0 Å². The van der Waals surface area contributed by atoms with Crippen molar-refractivity contribution < 1.29 is 19.2 Å². The molecule has 4 rings (SSSR count). The molecule has 0 heterocycles. The van der Waals surface area contributed by atoms with Crippen LogP contribution in [0, 0.1) is 39.4 Å². The van der Waals surface area contributed by atoms with Gasteiger partial charge < -0.3 is 0 Å². The smallest absolute Gasteiger partial charge is 0.137 e. The van der Waals surface area contributed by atoms with Gasteiger partial charge in [0.05, 0.1) is 0 Å². The molecule has 0 aliphatic heterocycles. The van der Waals surface area contributed by atoms with Gasteiger partial charge in [-0.25, -0.2) is 0 Å². The summed E-state index contributed by atoms with van der Waals surface area (Å²) in [4.78, 5) is 53.2. The molecule has 2 saturated carbocycles. The van der Waals surface area contributed by atoms with E-state index in [-0.39, 0.29) is 35.0 Å². The minimum atomic E-state index is 0. The maximum absolute atomic E-state index is 13.1. The van der Waals surface area contributed by atoms with Gasteiger partial charge in [-0.3, -0.25) is 19.2 Å². The first kappa shape index (κ1) is 46.2. The van der Waals surface area contributed by atoms with Crippen molar-refractivity contribution in [2.45, 2.75) is 176 Å². The van der Waals surface area contributed by atoms with Crippen molar-refractivity contribution in [1.82, 2.24) is 0 Å². The van der Waals surface area contributed by atoms with Crippen LogP contribution in [-0.4, -0.2) is 23.1 Å². The highest BCUT2D eigenvalue weighted by molar-refractivity contribution is 8.76. The van der Waals surface area contributed by atoms with Crippen molar-refractivity contribution in [3.05, 3.63) is 59.7 Å². The lowest BCUT2D eigenvalue weighted by molar-refractivity contribution is -0.124. The third-order valence-corrected chi connectivity index (χ3v) is 14.4. The summed E-state index contributed by atoms with van der Waals surface area (Å²) in [7, 11) is 3.41. The molecule has 0 radical (unpaired) electrons. The topological polar surface area (TPSA) is 68.3 Å². The van der Waals surface area contributed by atoms with Gasteiger partial charge in [0.2, 0.25) is 0 Å². The molecule has 300 valence electrons. The number of carbonyl (C=O) groups is 4. The fraction of sp³-hybridized carbons (Fsp3) is 0.667. The lowest BCUT2D eigenvalue weighted by atomic mass is 9.58. The van der Waals surface area contributed by atoms with Crippen LogP contribution in [0.4, 0.5) is 0 Å². The van der Waals surface area contributed by atoms with Crippen LogP contribution >= 0.6 is 21.6 Å². The molecule has 0 aromatic heterocycles. The average molecular weight is 777 g/mol. The third-order valence-electron chi connectivity index (χ3n) is 12.0. The number of Topliss-reactive ketones (excluding diaryl/α,β-unsaturated/α-hetero) is 4. The molecule has 0 amide bonds. The molecule has 0 bridgehead atoms. The lowest BCUT2D eigenvalue weighted by Crippen LogP contribution is -2.37. The van der Waals surface area contributed by atoms with Crippen LogP contribution in [0.15, 0.2) is 58.3 Å². The van der Waals surface area contributed by atoms with E-state index in [2.05, 4.69) is 90.1 Å². The SMILES string of the molecule is C.CCC(=O)CC1CC(C)(C)CC(C)(CCC(=O)Cc2ccc(SSc3ccc(CC(=O)CCC4(C)CC(CC(=O)C(C)C)CC(C)(C)C4)cc3)cc2)C1. The van der Waals surface area contributed by atoms with Crippen molar-refractivity contribution in [3.63, 3.8) is 0 Å². The molecule has 54 heavy (non-hydrogen) atoms. The summed E-state index contributed by atoms with van der Waals surface area (Å²) in [5.41, 5.74) is 2.71. The zero-order valence-corrected chi connectivity index (χ0v) is 36.0. The van der Waals surface area contributed by atoms with Gasteiger partial charge in [0.15, 0.2) is 0 Å². The van der Waals surface area contributed by atoms with Crippen molar-refractivity contribution in [1.29, 1.82) is 0 Å². The molecule has 6 heteroatoms. The van der Waals surface area contributed by atoms with Crippen LogP contribution in [0.5, 0.6) is 0 Å². The highest BCUT2D eigenvalue weighted by Crippen LogP contribution is 2.53. The zero-order chi connectivity index (χ0) is 39.0. The van der Waals surface area contributed by atoms with Gasteiger partial charge in [-0.1, -0.05) is 116 Å². The molecule has 2 aromatic carbocycles. The summed E-state index contributed by atoms with van der Waals surface area (Å²) in [6.07, 6.45) is 12.3. The van der Waals surface area contributed by atoms with E-state index in [0.29, 0.717) is 79.9 Å². The van der Waals surface area contributed by atoms with Crippen molar-refractivity contribution in [2.75, 3.05) is 0 Å². The molecule has 2 aliphatic carbocycles. The summed E-state index contributed by atoms with van der Waals surface area (Å²) in [6.45, 7) is 19.9. The molecule has 4 nitrogen and oxygen atoms in total. The summed E-state index contributed by atoms with van der Waals surface area (Å²) in [5.74, 6) is 2.24. The second kappa shape index (κ2) is 19.8. The van der Waals surface area contributed by atoms with Gasteiger partial charge >= 0.3 is 0 Å². The third kappa shape index (κ3) is 15.1. The molecule has 2 aromatic rings. The first-order valence-electron chi connectivity index (χ1n) is 20.4. The van der Waals surface area contributed by atoms with E-state index in [1.165, 1.54) is 0 Å². The minimum Gasteiger partial charge on any atom is -0.300 e. The first-order valence-corrected chi connectivity index (χ1v) is 22.5. The van der Waals surface area contributed by atoms with Gasteiger partial charge in [-0.15, -0.1) is 0 Å². The summed E-state index contributed by atoms with van der Waals surface area (Å²) < 4.78 is 0. The van der Waals surface area contributed by atoms with Gasteiger partial charge in [0.1, 0.15) is 23.1 Å². The summed E-state index contributed by atoms with van der Waals surface area (Å²) >= 11 is 0. The van der Waals surface area contributed by atoms with Crippen molar-refractivity contribution >= 4 is 44.7 Å². The maximum Gasteiger partial charge on any atom is 0.137 e. The Labute approximate surface area is 337 Å². The van der Waals surface area contributed by atoms with E-state index >= 15 is 0 Å². The Bertz CT molecular complexity index is 1560. The Hall–Kier alpha value is -2.18. The van der Waals surface area contributed by atoms with E-state index in [0.717, 1.165) is 72.3 Å². The molecule has 2 aliphatic rings. The fourth-order valence-electron chi connectivity index (χ4n) is 10.3. The second-order valence-electron chi connectivity index (χ2n) is 19.7. The Balaban J connectivity index is 0.00000784. The normalized spacial score (nSPS) is 24.8. The maximum atomic E-state index is 13.1. The lowest BCUT2D eigenvalue weighted by Gasteiger charge is -2.47. The van der Waals surface area contributed by atoms with Gasteiger partial charge in [0, 0.05) is 60.7 Å². The average Bonchev–Trinajstić information content (AvgIpc) is 3.05. The van der Waals surface area contributed by atoms with E-state index in [9.17, 15) is 19.2 Å². The summed E-state index contributed by atoms with van der Waals surface area (Å²) in [5, 5.41) is 0. The summed E-state index contributed by atoms with van der Waals surface area (Å²) in [6, 6.07) is 16.7. The monoisotopic (exact) mass is 776 g/mol. The van der Waals surface area contributed by atoms with Gasteiger partial charge in [-0.2, -0.15) is 0 Å². The van der Waals surface area contributed by atoms with E-state index < -0.39 is 0 Å². The highest BCUT2D eigenvalue weighted by Gasteiger charge is 2.43. The predicted octanol–water partition coefficient (Wildman–Crippen LogP) is 13.6. The molecule has 2 fully saturated rings. The first-order chi connectivity index (χ1) is 24.7. The second-order valence-corrected chi connectivity index (χ2v) is 21.9. The van der Waals surface area contributed by atoms with E-state index in [1.807, 2.05) is 20.8 Å². The largest absolute Gasteiger partial charge is 0.300 e. The number of benzene rings is 2. The molecule has 0 N–H and O–H groups in total. The van der Waals surface area contributed by atoms with Crippen LogP contribution in [0.25, 0.3) is 0 Å². The molecule has 0 spiro atoms. The quantitative estimate of drug-likeness (QED) is 0.132. The molecule has 4 atom stereocenters. The van der Waals surface area contributed by atoms with Crippen LogP contribution in [-0.2, 0) is 32.0 Å². The molecular formula is C48H72O4S2. The number of hydrogen-bond donors (Lipinski definition) is 0. The van der Waals surface area contributed by atoms with Gasteiger partial charge in [0.25, 0.3) is 0 Å². The highest BCUT2D eigenvalue weighted by atomic mass is 33.1. The van der Waals surface area contributed by atoms with Crippen molar-refractivity contribution in [2.24, 2.45) is 39.4 Å². The Morgan fingerprint density at radius 1 is 0.611 bits per heavy atom. The fourth-order valence-corrected chi connectivity index (χ4v) is 12.2. The molecular weight excluding hydrogens is 705 g/mol. The molecule has 4 unspecified atom stereocenters. The Morgan fingerprint density at radius 2 is 1.00 bits per heavy atom. The predicted molar refractivity (Wildman–Crippen MR) is 230 cm³/mol. The van der Waals surface area contributed by atoms with E-state index in [4.69, 9.17) is 0 Å². The molecule has 0 saturated heterocycles. The number of carbonyl (C=O) groups excluding carboxylic acids is 4. The number of hydrogen-bond acceptors (Lipinski definition) is 6. The number of rotatable bonds is 19. The van der Waals surface area contributed by atoms with Gasteiger partial charge in [-0.05, 0) is 120 Å². The Morgan fingerprint density at radius 3 is 1.37 bits per heavy atom. The van der Waals surface area contributed by atoms with Crippen LogP contribution in [0.3, 0.4) is 0 Å². The standard InChI is InChI=1S/C47H68O4S2.CH4/c1-10-38(48)25-36-27-44(4,5)31-46(8,29-36)21-19-39(49)23-34-11-15-41(16-12-34)52-53-42-17-13-35(14-18-42)24-40(50)20-22-47(9)30-37(26-43(51)33(2)3)28-45(6,7)32-47;/h11-18,33,36-37H,10,19-32H2,1-9H3;1H4. The van der Waals surface area contributed by atoms with Crippen LogP contribution in [0.1, 0.15) is 164 Å². The van der Waals surface area contributed by atoms with Crippen LogP contribution in [0.2, 0.25) is 0 Å². The zero-order valence-electron chi connectivity index (χ0n) is 34.4. The Kier molecular flexibility index (Phi) is 16.9.